The van der Waals surface area contributed by atoms with Crippen LogP contribution in [-0.2, 0) is 19.4 Å². The summed E-state index contributed by atoms with van der Waals surface area (Å²) in [6.45, 7) is 5.80. The Labute approximate surface area is 173 Å². The van der Waals surface area contributed by atoms with E-state index >= 15 is 0 Å². The zero-order valence-electron chi connectivity index (χ0n) is 17.4. The Kier molecular flexibility index (Phi) is 6.59. The van der Waals surface area contributed by atoms with Crippen LogP contribution in [0.4, 0.5) is 5.82 Å². The lowest BCUT2D eigenvalue weighted by Crippen LogP contribution is -2.52. The minimum atomic E-state index is 0.898. The van der Waals surface area contributed by atoms with E-state index in [0.717, 1.165) is 76.1 Å². The highest BCUT2D eigenvalue weighted by molar-refractivity contribution is 5.80. The van der Waals surface area contributed by atoms with Gasteiger partial charge in [0, 0.05) is 65.4 Å². The highest BCUT2D eigenvalue weighted by Gasteiger charge is 2.20. The van der Waals surface area contributed by atoms with Crippen molar-refractivity contribution in [1.82, 2.24) is 30.0 Å². The van der Waals surface area contributed by atoms with Crippen molar-refractivity contribution < 1.29 is 0 Å². The number of hydrogen-bond acceptors (Lipinski definition) is 5. The lowest BCUT2D eigenvalue weighted by Gasteiger charge is -2.37. The summed E-state index contributed by atoms with van der Waals surface area (Å²) in [4.78, 5) is 13.6. The molecule has 2 aromatic heterocycles. The molecule has 156 valence electrons. The zero-order chi connectivity index (χ0) is 19.9. The predicted molar refractivity (Wildman–Crippen MR) is 115 cm³/mol. The molecule has 4 heterocycles. The van der Waals surface area contributed by atoms with Crippen LogP contribution in [0.15, 0.2) is 29.4 Å². The van der Waals surface area contributed by atoms with Gasteiger partial charge in [-0.05, 0) is 31.4 Å². The molecule has 29 heavy (non-hydrogen) atoms. The molecule has 2 aliphatic rings. The number of nitrogens with zero attached hydrogens (tertiary/aromatic N) is 7. The lowest BCUT2D eigenvalue weighted by molar-refractivity contribution is 0.371. The van der Waals surface area contributed by atoms with E-state index in [9.17, 15) is 0 Å². The second-order valence-corrected chi connectivity index (χ2v) is 7.73. The Hall–Kier alpha value is -2.64. The van der Waals surface area contributed by atoms with Crippen LogP contribution in [-0.4, -0.2) is 70.4 Å². The van der Waals surface area contributed by atoms with Gasteiger partial charge in [0.25, 0.3) is 0 Å². The Morgan fingerprint density at radius 1 is 1.07 bits per heavy atom. The number of fused-ring (bicyclic) bond motifs is 1. The number of aliphatic imine (C=N–C) groups is 1. The first-order valence-corrected chi connectivity index (χ1v) is 10.9. The van der Waals surface area contributed by atoms with Crippen LogP contribution in [0.1, 0.15) is 37.3 Å². The van der Waals surface area contributed by atoms with Gasteiger partial charge >= 0.3 is 0 Å². The highest BCUT2D eigenvalue weighted by Crippen LogP contribution is 2.15. The van der Waals surface area contributed by atoms with Crippen LogP contribution in [0, 0.1) is 0 Å². The fraction of sp³-hybridized carbons (Fsp3) is 0.619. The summed E-state index contributed by atoms with van der Waals surface area (Å²) in [6, 6.07) is 6.08. The number of anilines is 1. The molecule has 0 unspecified atom stereocenters. The highest BCUT2D eigenvalue weighted by atomic mass is 15.4. The number of piperazine rings is 1. The van der Waals surface area contributed by atoms with E-state index in [4.69, 9.17) is 0 Å². The maximum Gasteiger partial charge on any atom is 0.193 e. The molecular formula is C21H32N8. The van der Waals surface area contributed by atoms with E-state index in [1.807, 2.05) is 25.4 Å². The molecule has 0 aliphatic carbocycles. The van der Waals surface area contributed by atoms with E-state index in [2.05, 4.69) is 45.9 Å². The number of aryl methyl sites for hydroxylation is 2. The summed E-state index contributed by atoms with van der Waals surface area (Å²) in [5.74, 6) is 4.36. The van der Waals surface area contributed by atoms with Crippen LogP contribution in [0.25, 0.3) is 0 Å². The Morgan fingerprint density at radius 2 is 1.97 bits per heavy atom. The molecule has 1 fully saturated rings. The third-order valence-corrected chi connectivity index (χ3v) is 5.81. The summed E-state index contributed by atoms with van der Waals surface area (Å²) >= 11 is 0. The molecule has 0 aromatic carbocycles. The molecule has 2 aliphatic heterocycles. The summed E-state index contributed by atoms with van der Waals surface area (Å²) < 4.78 is 2.35. The first-order chi connectivity index (χ1) is 14.3. The first-order valence-electron chi connectivity index (χ1n) is 10.9. The van der Waals surface area contributed by atoms with E-state index in [1.165, 1.54) is 25.1 Å². The maximum atomic E-state index is 4.49. The SMILES string of the molecule is CN=C(NCCCc1nnc2n1CCCCC2)N1CCN(c2ccccn2)CC1. The molecule has 0 bridgehead atoms. The van der Waals surface area contributed by atoms with E-state index in [0.29, 0.717) is 0 Å². The van der Waals surface area contributed by atoms with Gasteiger partial charge in [0.1, 0.15) is 17.5 Å². The molecule has 0 saturated carbocycles. The molecule has 8 nitrogen and oxygen atoms in total. The quantitative estimate of drug-likeness (QED) is 0.471. The minimum absolute atomic E-state index is 0.898. The molecule has 1 saturated heterocycles. The largest absolute Gasteiger partial charge is 0.356 e. The van der Waals surface area contributed by atoms with Gasteiger partial charge in [-0.1, -0.05) is 12.5 Å². The summed E-state index contributed by atoms with van der Waals surface area (Å²) in [5, 5.41) is 12.4. The molecule has 0 spiro atoms. The van der Waals surface area contributed by atoms with Crippen molar-refractivity contribution >= 4 is 11.8 Å². The van der Waals surface area contributed by atoms with Crippen LogP contribution in [0.2, 0.25) is 0 Å². The number of pyridine rings is 1. The molecule has 2 aromatic rings. The number of nitrogens with one attached hydrogen (secondary N) is 1. The van der Waals surface area contributed by atoms with Crippen molar-refractivity contribution in [2.75, 3.05) is 44.7 Å². The van der Waals surface area contributed by atoms with Crippen LogP contribution in [0.5, 0.6) is 0 Å². The Balaban J connectivity index is 1.22. The fourth-order valence-corrected chi connectivity index (χ4v) is 4.20. The lowest BCUT2D eigenvalue weighted by atomic mass is 10.2. The summed E-state index contributed by atoms with van der Waals surface area (Å²) in [6.07, 6.45) is 8.71. The van der Waals surface area contributed by atoms with Gasteiger partial charge in [-0.3, -0.25) is 4.99 Å². The zero-order valence-corrected chi connectivity index (χ0v) is 17.4. The molecular weight excluding hydrogens is 364 g/mol. The van der Waals surface area contributed by atoms with Crippen LogP contribution in [0.3, 0.4) is 0 Å². The maximum absolute atomic E-state index is 4.49. The summed E-state index contributed by atoms with van der Waals surface area (Å²) in [5.41, 5.74) is 0. The molecule has 4 rings (SSSR count). The second-order valence-electron chi connectivity index (χ2n) is 7.73. The average Bonchev–Trinajstić information content (AvgIpc) is 3.00. The fourth-order valence-electron chi connectivity index (χ4n) is 4.20. The molecule has 8 heteroatoms. The molecule has 0 amide bonds. The third kappa shape index (κ3) is 4.86. The van der Waals surface area contributed by atoms with Gasteiger partial charge in [-0.15, -0.1) is 10.2 Å². The van der Waals surface area contributed by atoms with Crippen LogP contribution >= 0.6 is 0 Å². The number of guanidine groups is 1. The van der Waals surface area contributed by atoms with Gasteiger partial charge < -0.3 is 19.7 Å². The van der Waals surface area contributed by atoms with E-state index < -0.39 is 0 Å². The van der Waals surface area contributed by atoms with Gasteiger partial charge in [-0.25, -0.2) is 4.98 Å². The minimum Gasteiger partial charge on any atom is -0.356 e. The van der Waals surface area contributed by atoms with Crippen molar-refractivity contribution in [3.63, 3.8) is 0 Å². The van der Waals surface area contributed by atoms with Crippen molar-refractivity contribution in [3.8, 4) is 0 Å². The van der Waals surface area contributed by atoms with Crippen molar-refractivity contribution in [3.05, 3.63) is 36.0 Å². The smallest absolute Gasteiger partial charge is 0.193 e. The van der Waals surface area contributed by atoms with E-state index in [-0.39, 0.29) is 0 Å². The van der Waals surface area contributed by atoms with E-state index in [1.54, 1.807) is 0 Å². The van der Waals surface area contributed by atoms with Gasteiger partial charge in [0.05, 0.1) is 0 Å². The van der Waals surface area contributed by atoms with Gasteiger partial charge in [0.15, 0.2) is 5.96 Å². The topological polar surface area (TPSA) is 74.5 Å². The number of rotatable bonds is 5. The van der Waals surface area contributed by atoms with Crippen molar-refractivity contribution in [2.24, 2.45) is 4.99 Å². The second kappa shape index (κ2) is 9.71. The van der Waals surface area contributed by atoms with Gasteiger partial charge in [0.2, 0.25) is 0 Å². The Morgan fingerprint density at radius 3 is 2.76 bits per heavy atom. The number of hydrogen-bond donors (Lipinski definition) is 1. The number of aromatic nitrogens is 4. The first kappa shape index (κ1) is 19.7. The van der Waals surface area contributed by atoms with Crippen LogP contribution < -0.4 is 10.2 Å². The molecule has 1 N–H and O–H groups in total. The normalized spacial score (nSPS) is 17.8. The summed E-state index contributed by atoms with van der Waals surface area (Å²) in [7, 11) is 1.87. The monoisotopic (exact) mass is 396 g/mol. The predicted octanol–water partition coefficient (Wildman–Crippen LogP) is 1.73. The van der Waals surface area contributed by atoms with Crippen molar-refractivity contribution in [2.45, 2.75) is 45.1 Å². The Bertz CT molecular complexity index is 792. The van der Waals surface area contributed by atoms with Crippen molar-refractivity contribution in [1.29, 1.82) is 0 Å². The van der Waals surface area contributed by atoms with Gasteiger partial charge in [-0.2, -0.15) is 0 Å². The molecule has 0 radical (unpaired) electrons. The standard InChI is InChI=1S/C21H32N8/c1-22-21(28-16-14-27(15-17-28)18-8-4-5-11-23-18)24-12-7-10-20-26-25-19-9-3-2-6-13-29(19)20/h4-5,8,11H,2-3,6-7,9-10,12-17H2,1H3,(H,22,24). The molecule has 0 atom stereocenters. The third-order valence-electron chi connectivity index (χ3n) is 5.81. The average molecular weight is 397 g/mol.